The molecule has 2 saturated heterocycles. The van der Waals surface area contributed by atoms with Gasteiger partial charge in [0.15, 0.2) is 0 Å². The molecule has 0 aliphatic carbocycles. The third-order valence-electron chi connectivity index (χ3n) is 4.30. The smallest absolute Gasteiger partial charge is 0.244 e. The van der Waals surface area contributed by atoms with Gasteiger partial charge < -0.3 is 10.6 Å². The molecule has 2 aliphatic heterocycles. The van der Waals surface area contributed by atoms with E-state index in [1.54, 1.807) is 0 Å². The van der Waals surface area contributed by atoms with Gasteiger partial charge in [0.2, 0.25) is 5.91 Å². The first kappa shape index (κ1) is 20.6. The monoisotopic (exact) mass is 377 g/mol. The number of nitrogens with zero attached hydrogens (tertiary/aromatic N) is 2. The van der Waals surface area contributed by atoms with Crippen LogP contribution in [0.25, 0.3) is 0 Å². The fraction of sp³-hybridized carbons (Fsp3) is 0.562. The molecule has 0 radical (unpaired) electrons. The zero-order chi connectivity index (χ0) is 14.7. The Balaban J connectivity index is 0.00000132. The van der Waals surface area contributed by atoms with Crippen LogP contribution in [0.15, 0.2) is 30.3 Å². The summed E-state index contributed by atoms with van der Waals surface area (Å²) in [6.45, 7) is 3.46. The highest BCUT2D eigenvalue weighted by Gasteiger charge is 2.34. The summed E-state index contributed by atoms with van der Waals surface area (Å²) in [5, 5.41) is 0. The lowest BCUT2D eigenvalue weighted by Crippen LogP contribution is -2.45. The summed E-state index contributed by atoms with van der Waals surface area (Å²) in [4.78, 5) is 17.3. The van der Waals surface area contributed by atoms with Gasteiger partial charge in [-0.05, 0) is 12.0 Å². The maximum atomic E-state index is 13.0. The van der Waals surface area contributed by atoms with E-state index in [0.717, 1.165) is 43.1 Å². The Labute approximate surface area is 155 Å². The molecule has 23 heavy (non-hydrogen) atoms. The van der Waals surface area contributed by atoms with Gasteiger partial charge in [0, 0.05) is 43.7 Å². The lowest BCUT2D eigenvalue weighted by molar-refractivity contribution is -0.136. The van der Waals surface area contributed by atoms with E-state index in [-0.39, 0.29) is 42.8 Å². The molecule has 0 saturated carbocycles. The minimum atomic E-state index is -0.141. The third-order valence-corrected chi connectivity index (χ3v) is 5.24. The number of thioether (sulfide) groups is 1. The van der Waals surface area contributed by atoms with E-state index in [0.29, 0.717) is 6.54 Å². The van der Waals surface area contributed by atoms with E-state index in [2.05, 4.69) is 17.0 Å². The van der Waals surface area contributed by atoms with Gasteiger partial charge in [-0.1, -0.05) is 30.3 Å². The number of carbonyl (C=O) groups is 1. The van der Waals surface area contributed by atoms with Crippen LogP contribution in [-0.2, 0) is 4.79 Å². The normalized spacial score (nSPS) is 22.8. The Morgan fingerprint density at radius 2 is 1.78 bits per heavy atom. The van der Waals surface area contributed by atoms with Crippen molar-refractivity contribution in [3.05, 3.63) is 35.9 Å². The Morgan fingerprint density at radius 3 is 2.35 bits per heavy atom. The molecule has 4 nitrogen and oxygen atoms in total. The summed E-state index contributed by atoms with van der Waals surface area (Å²) in [5.41, 5.74) is 7.08. The van der Waals surface area contributed by atoms with Crippen molar-refractivity contribution >= 4 is 42.5 Å². The molecule has 1 amide bonds. The molecule has 0 bridgehead atoms. The maximum Gasteiger partial charge on any atom is 0.244 e. The molecule has 3 rings (SSSR count). The number of carbonyl (C=O) groups excluding carboxylic acids is 1. The highest BCUT2D eigenvalue weighted by Crippen LogP contribution is 2.27. The van der Waals surface area contributed by atoms with E-state index < -0.39 is 0 Å². The van der Waals surface area contributed by atoms with Crippen LogP contribution in [0.4, 0.5) is 0 Å². The molecule has 2 atom stereocenters. The first-order valence-corrected chi connectivity index (χ1v) is 8.82. The topological polar surface area (TPSA) is 49.6 Å². The first-order valence-electron chi connectivity index (χ1n) is 7.67. The van der Waals surface area contributed by atoms with Gasteiger partial charge in [-0.25, -0.2) is 0 Å². The number of likely N-dealkylation sites (tertiary alicyclic amines) is 1. The molecule has 7 heteroatoms. The summed E-state index contributed by atoms with van der Waals surface area (Å²) >= 11 is 1.97. The molecule has 2 fully saturated rings. The number of hydrogen-bond acceptors (Lipinski definition) is 4. The molecule has 1 aromatic carbocycles. The minimum absolute atomic E-state index is 0. The summed E-state index contributed by atoms with van der Waals surface area (Å²) in [5.74, 6) is 2.44. The van der Waals surface area contributed by atoms with Gasteiger partial charge in [0.25, 0.3) is 0 Å². The van der Waals surface area contributed by atoms with E-state index >= 15 is 0 Å². The summed E-state index contributed by atoms with van der Waals surface area (Å²) in [6, 6.07) is 10.2. The van der Waals surface area contributed by atoms with Gasteiger partial charge in [0.05, 0.1) is 0 Å². The van der Waals surface area contributed by atoms with Gasteiger partial charge in [0.1, 0.15) is 6.04 Å². The van der Waals surface area contributed by atoms with Crippen molar-refractivity contribution in [3.63, 3.8) is 0 Å². The highest BCUT2D eigenvalue weighted by atomic mass is 35.5. The molecule has 1 unspecified atom stereocenters. The van der Waals surface area contributed by atoms with Crippen LogP contribution >= 0.6 is 36.6 Å². The second kappa shape index (κ2) is 9.74. The fourth-order valence-corrected chi connectivity index (χ4v) is 4.07. The SMILES string of the molecule is Cl.Cl.N[C@@H]1CCN(C(=O)C(c2ccccc2)N2CCSCC2)C1. The zero-order valence-corrected chi connectivity index (χ0v) is 15.5. The Kier molecular flexibility index (Phi) is 8.72. The lowest BCUT2D eigenvalue weighted by Gasteiger charge is -2.35. The zero-order valence-electron chi connectivity index (χ0n) is 13.1. The van der Waals surface area contributed by atoms with Crippen molar-refractivity contribution in [3.8, 4) is 0 Å². The van der Waals surface area contributed by atoms with Crippen molar-refractivity contribution in [1.29, 1.82) is 0 Å². The molecule has 0 spiro atoms. The lowest BCUT2D eigenvalue weighted by atomic mass is 10.0. The van der Waals surface area contributed by atoms with E-state index in [1.807, 2.05) is 34.9 Å². The summed E-state index contributed by atoms with van der Waals surface area (Å²) in [7, 11) is 0. The maximum absolute atomic E-state index is 13.0. The van der Waals surface area contributed by atoms with Crippen LogP contribution in [0.1, 0.15) is 18.0 Å². The largest absolute Gasteiger partial charge is 0.339 e. The summed E-state index contributed by atoms with van der Waals surface area (Å²) < 4.78 is 0. The number of rotatable bonds is 3. The van der Waals surface area contributed by atoms with Crippen molar-refractivity contribution in [2.45, 2.75) is 18.5 Å². The number of nitrogens with two attached hydrogens (primary N) is 1. The molecule has 0 aromatic heterocycles. The van der Waals surface area contributed by atoms with Crippen molar-refractivity contribution in [1.82, 2.24) is 9.80 Å². The predicted octanol–water partition coefficient (Wildman–Crippen LogP) is 2.18. The minimum Gasteiger partial charge on any atom is -0.339 e. The predicted molar refractivity (Wildman–Crippen MR) is 102 cm³/mol. The Bertz CT molecular complexity index is 485. The van der Waals surface area contributed by atoms with Crippen LogP contribution in [0, 0.1) is 0 Å². The number of halogens is 2. The van der Waals surface area contributed by atoms with Gasteiger partial charge in [-0.2, -0.15) is 11.8 Å². The molecule has 2 heterocycles. The van der Waals surface area contributed by atoms with Crippen LogP contribution < -0.4 is 5.73 Å². The average molecular weight is 378 g/mol. The number of hydrogen-bond donors (Lipinski definition) is 1. The second-order valence-electron chi connectivity index (χ2n) is 5.79. The van der Waals surface area contributed by atoms with E-state index in [1.165, 1.54) is 0 Å². The standard InChI is InChI=1S/C16H23N3OS.2ClH/c17-14-6-7-19(12-14)16(20)15(13-4-2-1-3-5-13)18-8-10-21-11-9-18;;/h1-5,14-15H,6-12,17H2;2*1H/t14-,15?;;/m1../s1. The highest BCUT2D eigenvalue weighted by molar-refractivity contribution is 7.99. The molecular weight excluding hydrogens is 353 g/mol. The fourth-order valence-electron chi connectivity index (χ4n) is 3.14. The van der Waals surface area contributed by atoms with Crippen LogP contribution in [0.5, 0.6) is 0 Å². The number of amides is 1. The number of benzene rings is 1. The molecule has 130 valence electrons. The van der Waals surface area contributed by atoms with Gasteiger partial charge in [-0.3, -0.25) is 9.69 Å². The van der Waals surface area contributed by atoms with Crippen molar-refractivity contribution in [2.75, 3.05) is 37.7 Å². The Morgan fingerprint density at radius 1 is 1.13 bits per heavy atom. The van der Waals surface area contributed by atoms with E-state index in [9.17, 15) is 4.79 Å². The van der Waals surface area contributed by atoms with Crippen LogP contribution in [0.2, 0.25) is 0 Å². The summed E-state index contributed by atoms with van der Waals surface area (Å²) in [6.07, 6.45) is 0.920. The quantitative estimate of drug-likeness (QED) is 0.876. The Hall–Kier alpha value is -0.460. The van der Waals surface area contributed by atoms with Crippen molar-refractivity contribution < 1.29 is 4.79 Å². The molecular formula is C16H25Cl2N3OS. The van der Waals surface area contributed by atoms with Crippen LogP contribution in [0.3, 0.4) is 0 Å². The van der Waals surface area contributed by atoms with Gasteiger partial charge >= 0.3 is 0 Å². The molecule has 1 aromatic rings. The first-order chi connectivity index (χ1) is 10.3. The van der Waals surface area contributed by atoms with E-state index in [4.69, 9.17) is 5.73 Å². The van der Waals surface area contributed by atoms with Crippen LogP contribution in [-0.4, -0.2) is 59.4 Å². The molecule has 2 N–H and O–H groups in total. The van der Waals surface area contributed by atoms with Gasteiger partial charge in [-0.15, -0.1) is 24.8 Å². The third kappa shape index (κ3) is 5.00. The molecule has 2 aliphatic rings. The second-order valence-corrected chi connectivity index (χ2v) is 7.02. The average Bonchev–Trinajstić information content (AvgIpc) is 2.96. The van der Waals surface area contributed by atoms with Crippen molar-refractivity contribution in [2.24, 2.45) is 5.73 Å².